The predicted molar refractivity (Wildman–Crippen MR) is 83.7 cm³/mol. The first-order chi connectivity index (χ1) is 10.2. The van der Waals surface area contributed by atoms with Crippen LogP contribution in [0.2, 0.25) is 0 Å². The molecule has 21 heavy (non-hydrogen) atoms. The number of hydrogen-bond donors (Lipinski definition) is 3. The molecule has 0 radical (unpaired) electrons. The largest absolute Gasteiger partial charge is 0.508 e. The van der Waals surface area contributed by atoms with Gasteiger partial charge >= 0.3 is 0 Å². The molecule has 108 valence electrons. The quantitative estimate of drug-likeness (QED) is 0.811. The monoisotopic (exact) mass is 282 g/mol. The number of aryl methyl sites for hydroxylation is 1. The van der Waals surface area contributed by atoms with Crippen molar-refractivity contribution in [3.63, 3.8) is 0 Å². The van der Waals surface area contributed by atoms with Gasteiger partial charge in [0.15, 0.2) is 0 Å². The van der Waals surface area contributed by atoms with Crippen LogP contribution in [0.15, 0.2) is 42.5 Å². The molecule has 1 aliphatic heterocycles. The minimum atomic E-state index is -0.0867. The lowest BCUT2D eigenvalue weighted by Crippen LogP contribution is -2.16. The van der Waals surface area contributed by atoms with E-state index < -0.39 is 0 Å². The second kappa shape index (κ2) is 5.87. The summed E-state index contributed by atoms with van der Waals surface area (Å²) in [5.74, 6) is 0.0923. The van der Waals surface area contributed by atoms with Crippen LogP contribution >= 0.6 is 0 Å². The highest BCUT2D eigenvalue weighted by Crippen LogP contribution is 2.25. The number of amides is 1. The Morgan fingerprint density at radius 1 is 1.24 bits per heavy atom. The summed E-state index contributed by atoms with van der Waals surface area (Å²) in [7, 11) is 0. The van der Waals surface area contributed by atoms with E-state index in [1.54, 1.807) is 18.2 Å². The summed E-state index contributed by atoms with van der Waals surface area (Å²) in [6.45, 7) is 0.980. The standard InChI is InChI=1S/C17H18N2O2/c20-15-5-1-3-12(9-15)10-17(21)19-14-7-6-13-4-2-8-18-16(13)11-14/h1,3,5-7,9,11,18,20H,2,4,8,10H2,(H,19,21). The maximum absolute atomic E-state index is 12.0. The first-order valence-electron chi connectivity index (χ1n) is 7.15. The zero-order valence-electron chi connectivity index (χ0n) is 11.7. The SMILES string of the molecule is O=C(Cc1cccc(O)c1)Nc1ccc2c(c1)NCCC2. The number of rotatable bonds is 3. The van der Waals surface area contributed by atoms with Gasteiger partial charge in [0.2, 0.25) is 5.91 Å². The molecular formula is C17H18N2O2. The third kappa shape index (κ3) is 3.34. The van der Waals surface area contributed by atoms with E-state index >= 15 is 0 Å². The van der Waals surface area contributed by atoms with E-state index in [0.717, 1.165) is 36.3 Å². The van der Waals surface area contributed by atoms with Crippen LogP contribution in [0, 0.1) is 0 Å². The van der Waals surface area contributed by atoms with Crippen LogP contribution in [0.5, 0.6) is 5.75 Å². The number of phenolic OH excluding ortho intramolecular Hbond substituents is 1. The number of fused-ring (bicyclic) bond motifs is 1. The Balaban J connectivity index is 1.67. The van der Waals surface area contributed by atoms with Crippen LogP contribution < -0.4 is 10.6 Å². The fourth-order valence-corrected chi connectivity index (χ4v) is 2.60. The van der Waals surface area contributed by atoms with Crippen LogP contribution in [0.25, 0.3) is 0 Å². The number of hydrogen-bond acceptors (Lipinski definition) is 3. The molecule has 4 nitrogen and oxygen atoms in total. The molecule has 0 fully saturated rings. The second-order valence-corrected chi connectivity index (χ2v) is 5.30. The molecule has 0 aliphatic carbocycles. The maximum Gasteiger partial charge on any atom is 0.228 e. The first kappa shape index (κ1) is 13.5. The Morgan fingerprint density at radius 3 is 3.00 bits per heavy atom. The van der Waals surface area contributed by atoms with Gasteiger partial charge in [0.05, 0.1) is 6.42 Å². The Bertz CT molecular complexity index is 668. The van der Waals surface area contributed by atoms with Crippen LogP contribution in [0.1, 0.15) is 17.5 Å². The minimum absolute atomic E-state index is 0.0867. The highest BCUT2D eigenvalue weighted by Gasteiger charge is 2.10. The topological polar surface area (TPSA) is 61.4 Å². The van der Waals surface area contributed by atoms with Gasteiger partial charge in [-0.15, -0.1) is 0 Å². The van der Waals surface area contributed by atoms with E-state index in [1.165, 1.54) is 5.56 Å². The molecule has 2 aromatic carbocycles. The summed E-state index contributed by atoms with van der Waals surface area (Å²) in [6.07, 6.45) is 2.48. The van der Waals surface area contributed by atoms with Gasteiger partial charge in [-0.1, -0.05) is 18.2 Å². The number of anilines is 2. The van der Waals surface area contributed by atoms with Crippen molar-refractivity contribution in [2.24, 2.45) is 0 Å². The van der Waals surface area contributed by atoms with Crippen LogP contribution in [-0.2, 0) is 17.6 Å². The van der Waals surface area contributed by atoms with Crippen molar-refractivity contribution in [3.8, 4) is 5.75 Å². The molecule has 3 N–H and O–H groups in total. The number of phenols is 1. The summed E-state index contributed by atoms with van der Waals surface area (Å²) in [4.78, 5) is 12.0. The summed E-state index contributed by atoms with van der Waals surface area (Å²) in [6, 6.07) is 12.7. The summed E-state index contributed by atoms with van der Waals surface area (Å²) >= 11 is 0. The molecule has 0 saturated heterocycles. The molecule has 1 aliphatic rings. The fourth-order valence-electron chi connectivity index (χ4n) is 2.60. The molecule has 1 amide bonds. The number of nitrogens with one attached hydrogen (secondary N) is 2. The smallest absolute Gasteiger partial charge is 0.228 e. The van der Waals surface area contributed by atoms with E-state index in [1.807, 2.05) is 18.2 Å². The van der Waals surface area contributed by atoms with E-state index in [4.69, 9.17) is 0 Å². The van der Waals surface area contributed by atoms with Crippen molar-refractivity contribution >= 4 is 17.3 Å². The molecule has 0 aromatic heterocycles. The zero-order chi connectivity index (χ0) is 14.7. The Labute approximate surface area is 123 Å². The van der Waals surface area contributed by atoms with Crippen LogP contribution in [0.4, 0.5) is 11.4 Å². The molecule has 4 heteroatoms. The number of benzene rings is 2. The van der Waals surface area contributed by atoms with E-state index in [9.17, 15) is 9.90 Å². The number of carbonyl (C=O) groups is 1. The Hall–Kier alpha value is -2.49. The molecule has 3 rings (SSSR count). The van der Waals surface area contributed by atoms with Crippen LogP contribution in [0.3, 0.4) is 0 Å². The van der Waals surface area contributed by atoms with Gasteiger partial charge in [-0.25, -0.2) is 0 Å². The van der Waals surface area contributed by atoms with Gasteiger partial charge in [0, 0.05) is 17.9 Å². The first-order valence-corrected chi connectivity index (χ1v) is 7.15. The van der Waals surface area contributed by atoms with Crippen molar-refractivity contribution < 1.29 is 9.90 Å². The normalized spacial score (nSPS) is 13.1. The van der Waals surface area contributed by atoms with E-state index in [2.05, 4.69) is 16.7 Å². The van der Waals surface area contributed by atoms with E-state index in [0.29, 0.717) is 0 Å². The second-order valence-electron chi connectivity index (χ2n) is 5.30. The maximum atomic E-state index is 12.0. The molecule has 0 saturated carbocycles. The minimum Gasteiger partial charge on any atom is -0.508 e. The molecule has 0 atom stereocenters. The van der Waals surface area contributed by atoms with Crippen molar-refractivity contribution in [1.29, 1.82) is 0 Å². The summed E-state index contributed by atoms with van der Waals surface area (Å²) in [5, 5.41) is 15.7. The van der Waals surface area contributed by atoms with Crippen LogP contribution in [-0.4, -0.2) is 17.6 Å². The molecule has 2 aromatic rings. The number of carbonyl (C=O) groups excluding carboxylic acids is 1. The van der Waals surface area contributed by atoms with E-state index in [-0.39, 0.29) is 18.1 Å². The lowest BCUT2D eigenvalue weighted by atomic mass is 10.0. The molecule has 1 heterocycles. The fraction of sp³-hybridized carbons (Fsp3) is 0.235. The van der Waals surface area contributed by atoms with Gasteiger partial charge in [0.25, 0.3) is 0 Å². The van der Waals surface area contributed by atoms with Crippen molar-refractivity contribution in [2.45, 2.75) is 19.3 Å². The van der Waals surface area contributed by atoms with Gasteiger partial charge in [0.1, 0.15) is 5.75 Å². The Morgan fingerprint density at radius 2 is 2.14 bits per heavy atom. The highest BCUT2D eigenvalue weighted by molar-refractivity contribution is 5.93. The van der Waals surface area contributed by atoms with Gasteiger partial charge in [-0.2, -0.15) is 0 Å². The molecule has 0 bridgehead atoms. The van der Waals surface area contributed by atoms with Gasteiger partial charge in [-0.3, -0.25) is 4.79 Å². The van der Waals surface area contributed by atoms with Crippen molar-refractivity contribution in [1.82, 2.24) is 0 Å². The third-order valence-electron chi connectivity index (χ3n) is 3.61. The molecule has 0 spiro atoms. The summed E-state index contributed by atoms with van der Waals surface area (Å²) in [5.41, 5.74) is 4.00. The highest BCUT2D eigenvalue weighted by atomic mass is 16.3. The number of aromatic hydroxyl groups is 1. The molecule has 0 unspecified atom stereocenters. The third-order valence-corrected chi connectivity index (χ3v) is 3.61. The van der Waals surface area contributed by atoms with Crippen molar-refractivity contribution in [2.75, 3.05) is 17.2 Å². The lowest BCUT2D eigenvalue weighted by Gasteiger charge is -2.18. The Kier molecular flexibility index (Phi) is 3.77. The van der Waals surface area contributed by atoms with Gasteiger partial charge < -0.3 is 15.7 Å². The lowest BCUT2D eigenvalue weighted by molar-refractivity contribution is -0.115. The molecular weight excluding hydrogens is 264 g/mol. The van der Waals surface area contributed by atoms with Crippen molar-refractivity contribution in [3.05, 3.63) is 53.6 Å². The predicted octanol–water partition coefficient (Wildman–Crippen LogP) is 2.93. The van der Waals surface area contributed by atoms with Gasteiger partial charge in [-0.05, 0) is 48.2 Å². The average Bonchev–Trinajstić information content (AvgIpc) is 2.47. The zero-order valence-corrected chi connectivity index (χ0v) is 11.7. The average molecular weight is 282 g/mol. The summed E-state index contributed by atoms with van der Waals surface area (Å²) < 4.78 is 0.